The van der Waals surface area contributed by atoms with E-state index in [0.29, 0.717) is 34.0 Å². The van der Waals surface area contributed by atoms with Crippen molar-refractivity contribution in [3.63, 3.8) is 0 Å². The van der Waals surface area contributed by atoms with Crippen LogP contribution in [0.4, 0.5) is 0 Å². The monoisotopic (exact) mass is 383 g/mol. The standard InChI is InChI=1S/C17H19Cl2N3O3/c1-17(9-20,10-5-6-10)21-16(23)14-7-11(25-22-14)8-24-15-12(18)3-2-4-13(15)19/h2-4,7,10H,5-6,8-9,20H2,1H3,(H,21,23). The maximum absolute atomic E-state index is 12.4. The number of benzene rings is 1. The number of para-hydroxylation sites is 1. The smallest absolute Gasteiger partial charge is 0.273 e. The molecule has 1 fully saturated rings. The van der Waals surface area contributed by atoms with Crippen LogP contribution in [0, 0.1) is 5.92 Å². The highest BCUT2D eigenvalue weighted by Gasteiger charge is 2.42. The second-order valence-electron chi connectivity index (χ2n) is 6.37. The minimum Gasteiger partial charge on any atom is -0.482 e. The first-order valence-corrected chi connectivity index (χ1v) is 8.73. The van der Waals surface area contributed by atoms with Crippen LogP contribution in [0.5, 0.6) is 5.75 Å². The molecule has 134 valence electrons. The van der Waals surface area contributed by atoms with Crippen molar-refractivity contribution in [1.29, 1.82) is 0 Å². The maximum atomic E-state index is 12.4. The summed E-state index contributed by atoms with van der Waals surface area (Å²) in [6.45, 7) is 2.38. The average molecular weight is 384 g/mol. The fourth-order valence-corrected chi connectivity index (χ4v) is 3.12. The van der Waals surface area contributed by atoms with Gasteiger partial charge in [-0.3, -0.25) is 4.79 Å². The Bertz CT molecular complexity index is 756. The van der Waals surface area contributed by atoms with Gasteiger partial charge < -0.3 is 20.3 Å². The van der Waals surface area contributed by atoms with Gasteiger partial charge in [-0.15, -0.1) is 0 Å². The molecule has 1 aliphatic rings. The number of aromatic nitrogens is 1. The fraction of sp³-hybridized carbons (Fsp3) is 0.412. The molecule has 1 saturated carbocycles. The number of ether oxygens (including phenoxy) is 1. The van der Waals surface area contributed by atoms with Gasteiger partial charge in [0.25, 0.3) is 5.91 Å². The predicted octanol–water partition coefficient (Wildman–Crippen LogP) is 3.42. The van der Waals surface area contributed by atoms with Crippen molar-refractivity contribution in [2.45, 2.75) is 31.9 Å². The molecule has 0 saturated heterocycles. The van der Waals surface area contributed by atoms with Crippen molar-refractivity contribution in [1.82, 2.24) is 10.5 Å². The number of rotatable bonds is 7. The summed E-state index contributed by atoms with van der Waals surface area (Å²) in [5, 5.41) is 7.55. The number of hydrogen-bond acceptors (Lipinski definition) is 5. The number of nitrogens with one attached hydrogen (secondary N) is 1. The maximum Gasteiger partial charge on any atom is 0.273 e. The molecule has 1 aliphatic carbocycles. The molecule has 2 aromatic rings. The first kappa shape index (κ1) is 18.0. The van der Waals surface area contributed by atoms with Gasteiger partial charge in [-0.25, -0.2) is 0 Å². The Morgan fingerprint density at radius 3 is 2.72 bits per heavy atom. The first-order chi connectivity index (χ1) is 11.9. The van der Waals surface area contributed by atoms with E-state index in [4.69, 9.17) is 38.2 Å². The van der Waals surface area contributed by atoms with Crippen LogP contribution in [0.1, 0.15) is 36.0 Å². The van der Waals surface area contributed by atoms with Crippen LogP contribution in [0.3, 0.4) is 0 Å². The zero-order chi connectivity index (χ0) is 18.0. The molecular weight excluding hydrogens is 365 g/mol. The summed E-state index contributed by atoms with van der Waals surface area (Å²) in [5.41, 5.74) is 5.58. The third kappa shape index (κ3) is 4.08. The summed E-state index contributed by atoms with van der Waals surface area (Å²) in [6, 6.07) is 6.60. The first-order valence-electron chi connectivity index (χ1n) is 7.98. The Labute approximate surface area is 155 Å². The molecule has 1 heterocycles. The van der Waals surface area contributed by atoms with Crippen LogP contribution in [0.2, 0.25) is 10.0 Å². The van der Waals surface area contributed by atoms with Crippen molar-refractivity contribution in [2.24, 2.45) is 11.7 Å². The van der Waals surface area contributed by atoms with Crippen molar-refractivity contribution in [3.8, 4) is 5.75 Å². The van der Waals surface area contributed by atoms with Crippen molar-refractivity contribution < 1.29 is 14.1 Å². The number of nitrogens with zero attached hydrogens (tertiary/aromatic N) is 1. The summed E-state index contributed by atoms with van der Waals surface area (Å²) in [6.07, 6.45) is 2.15. The molecule has 0 aliphatic heterocycles. The second-order valence-corrected chi connectivity index (χ2v) is 7.18. The van der Waals surface area contributed by atoms with Crippen LogP contribution in [0.15, 0.2) is 28.8 Å². The minimum atomic E-state index is -0.419. The Kier molecular flexibility index (Phi) is 5.22. The number of amides is 1. The Hall–Kier alpha value is -1.76. The van der Waals surface area contributed by atoms with Gasteiger partial charge in [0, 0.05) is 12.6 Å². The molecule has 6 nitrogen and oxygen atoms in total. The van der Waals surface area contributed by atoms with E-state index >= 15 is 0 Å². The normalized spacial score (nSPS) is 16.3. The molecule has 0 radical (unpaired) electrons. The highest BCUT2D eigenvalue weighted by molar-refractivity contribution is 6.37. The molecule has 1 amide bonds. The molecule has 1 unspecified atom stereocenters. The molecule has 25 heavy (non-hydrogen) atoms. The lowest BCUT2D eigenvalue weighted by atomic mass is 9.96. The third-order valence-corrected chi connectivity index (χ3v) is 4.97. The van der Waals surface area contributed by atoms with Gasteiger partial charge in [-0.1, -0.05) is 34.4 Å². The Balaban J connectivity index is 1.63. The molecule has 1 atom stereocenters. The Morgan fingerprint density at radius 2 is 2.12 bits per heavy atom. The van der Waals surface area contributed by atoms with Crippen LogP contribution >= 0.6 is 23.2 Å². The molecule has 0 spiro atoms. The van der Waals surface area contributed by atoms with Crippen LogP contribution in [-0.4, -0.2) is 23.1 Å². The number of carbonyl (C=O) groups excluding carboxylic acids is 1. The molecule has 1 aromatic carbocycles. The minimum absolute atomic E-state index is 0.0561. The van der Waals surface area contributed by atoms with E-state index in [-0.39, 0.29) is 18.2 Å². The number of hydrogen-bond donors (Lipinski definition) is 2. The SMILES string of the molecule is CC(CN)(NC(=O)c1cc(COc2c(Cl)cccc2Cl)on1)C1CC1. The predicted molar refractivity (Wildman–Crippen MR) is 94.9 cm³/mol. The molecule has 3 rings (SSSR count). The average Bonchev–Trinajstić information content (AvgIpc) is 3.34. The fourth-order valence-electron chi connectivity index (χ4n) is 2.62. The molecule has 3 N–H and O–H groups in total. The lowest BCUT2D eigenvalue weighted by Crippen LogP contribution is -2.53. The third-order valence-electron chi connectivity index (χ3n) is 4.37. The summed E-state index contributed by atoms with van der Waals surface area (Å²) in [4.78, 5) is 12.4. The second kappa shape index (κ2) is 7.23. The Morgan fingerprint density at radius 1 is 1.44 bits per heavy atom. The lowest BCUT2D eigenvalue weighted by molar-refractivity contribution is 0.0888. The largest absolute Gasteiger partial charge is 0.482 e. The van der Waals surface area contributed by atoms with E-state index in [0.717, 1.165) is 12.8 Å². The van der Waals surface area contributed by atoms with E-state index < -0.39 is 5.54 Å². The van der Waals surface area contributed by atoms with Gasteiger partial charge in [0.05, 0.1) is 15.6 Å². The lowest BCUT2D eigenvalue weighted by Gasteiger charge is -2.28. The van der Waals surface area contributed by atoms with E-state index in [1.165, 1.54) is 6.07 Å². The molecular formula is C17H19Cl2N3O3. The quantitative estimate of drug-likeness (QED) is 0.764. The number of nitrogens with two attached hydrogens (primary N) is 1. The van der Waals surface area contributed by atoms with Crippen LogP contribution in [-0.2, 0) is 6.61 Å². The summed E-state index contributed by atoms with van der Waals surface area (Å²) >= 11 is 12.1. The van der Waals surface area contributed by atoms with Gasteiger partial charge in [0.2, 0.25) is 0 Å². The van der Waals surface area contributed by atoms with E-state index in [1.54, 1.807) is 18.2 Å². The van der Waals surface area contributed by atoms with Gasteiger partial charge in [-0.2, -0.15) is 0 Å². The van der Waals surface area contributed by atoms with E-state index in [1.807, 2.05) is 6.92 Å². The molecule has 8 heteroatoms. The van der Waals surface area contributed by atoms with Crippen LogP contribution in [0.25, 0.3) is 0 Å². The van der Waals surface area contributed by atoms with Crippen LogP contribution < -0.4 is 15.8 Å². The molecule has 1 aromatic heterocycles. The zero-order valence-corrected chi connectivity index (χ0v) is 15.2. The summed E-state index contributed by atoms with van der Waals surface area (Å²) in [7, 11) is 0. The topological polar surface area (TPSA) is 90.4 Å². The van der Waals surface area contributed by atoms with Crippen molar-refractivity contribution in [3.05, 3.63) is 45.8 Å². The van der Waals surface area contributed by atoms with E-state index in [9.17, 15) is 4.79 Å². The van der Waals surface area contributed by atoms with E-state index in [2.05, 4.69) is 10.5 Å². The number of halogens is 2. The van der Waals surface area contributed by atoms with Crippen molar-refractivity contribution >= 4 is 29.1 Å². The van der Waals surface area contributed by atoms with Gasteiger partial charge >= 0.3 is 0 Å². The highest BCUT2D eigenvalue weighted by Crippen LogP contribution is 2.39. The van der Waals surface area contributed by atoms with Gasteiger partial charge in [0.1, 0.15) is 6.61 Å². The van der Waals surface area contributed by atoms with Gasteiger partial charge in [0.15, 0.2) is 17.2 Å². The highest BCUT2D eigenvalue weighted by atomic mass is 35.5. The summed E-state index contributed by atoms with van der Waals surface area (Å²) in [5.74, 6) is 0.851. The van der Waals surface area contributed by atoms with Crippen molar-refractivity contribution in [2.75, 3.05) is 6.54 Å². The number of carbonyl (C=O) groups is 1. The van der Waals surface area contributed by atoms with Gasteiger partial charge in [-0.05, 0) is 37.8 Å². The summed E-state index contributed by atoms with van der Waals surface area (Å²) < 4.78 is 10.7. The molecule has 0 bridgehead atoms. The zero-order valence-electron chi connectivity index (χ0n) is 13.7.